The Balaban J connectivity index is 1.87. The summed E-state index contributed by atoms with van der Waals surface area (Å²) in [5, 5.41) is 5.97. The molecule has 0 aliphatic carbocycles. The number of amides is 1. The number of rotatable bonds is 7. The third-order valence-corrected chi connectivity index (χ3v) is 6.30. The average molecular weight is 353 g/mol. The third kappa shape index (κ3) is 4.78. The number of aryl methyl sites for hydroxylation is 1. The molecular formula is C17H27N3O3S. The van der Waals surface area contributed by atoms with E-state index >= 15 is 0 Å². The van der Waals surface area contributed by atoms with E-state index < -0.39 is 10.0 Å². The fraction of sp³-hybridized carbons (Fsp3) is 0.588. The minimum atomic E-state index is -3.46. The van der Waals surface area contributed by atoms with Crippen molar-refractivity contribution in [2.45, 2.75) is 31.1 Å². The van der Waals surface area contributed by atoms with Crippen molar-refractivity contribution in [3.63, 3.8) is 0 Å². The molecule has 6 nitrogen and oxygen atoms in total. The highest BCUT2D eigenvalue weighted by molar-refractivity contribution is 7.89. The zero-order valence-electron chi connectivity index (χ0n) is 14.4. The first-order valence-corrected chi connectivity index (χ1v) is 9.88. The van der Waals surface area contributed by atoms with Gasteiger partial charge in [-0.3, -0.25) is 4.79 Å². The van der Waals surface area contributed by atoms with Crippen molar-refractivity contribution in [1.82, 2.24) is 14.9 Å². The molecule has 1 aliphatic heterocycles. The third-order valence-electron chi connectivity index (χ3n) is 4.39. The standard InChI is InChI=1S/C17H27N3O3S/c1-14-4-6-16(7-5-14)24(22,23)20-12-8-15(9-13-20)17(21)19-11-3-10-18-2/h4-7,15,18H,3,8-13H2,1-2H3,(H,19,21). The molecule has 1 aliphatic rings. The van der Waals surface area contributed by atoms with Gasteiger partial charge in [0.25, 0.3) is 0 Å². The molecule has 0 unspecified atom stereocenters. The summed E-state index contributed by atoms with van der Waals surface area (Å²) < 4.78 is 26.8. The molecule has 0 radical (unpaired) electrons. The summed E-state index contributed by atoms with van der Waals surface area (Å²) in [6.07, 6.45) is 2.04. The van der Waals surface area contributed by atoms with Crippen LogP contribution in [-0.2, 0) is 14.8 Å². The Morgan fingerprint density at radius 1 is 1.17 bits per heavy atom. The Morgan fingerprint density at radius 2 is 1.79 bits per heavy atom. The van der Waals surface area contributed by atoms with Gasteiger partial charge in [0.2, 0.25) is 15.9 Å². The normalized spacial score (nSPS) is 16.9. The number of nitrogens with one attached hydrogen (secondary N) is 2. The van der Waals surface area contributed by atoms with Crippen LogP contribution in [0.4, 0.5) is 0 Å². The molecule has 0 bridgehead atoms. The second kappa shape index (κ2) is 8.60. The number of hydrogen-bond donors (Lipinski definition) is 2. The quantitative estimate of drug-likeness (QED) is 0.720. The topological polar surface area (TPSA) is 78.5 Å². The summed E-state index contributed by atoms with van der Waals surface area (Å²) in [5.41, 5.74) is 1.03. The van der Waals surface area contributed by atoms with Crippen molar-refractivity contribution in [1.29, 1.82) is 0 Å². The van der Waals surface area contributed by atoms with Crippen molar-refractivity contribution >= 4 is 15.9 Å². The number of piperidine rings is 1. The number of benzene rings is 1. The summed E-state index contributed by atoms with van der Waals surface area (Å²) in [6, 6.07) is 6.90. The zero-order valence-corrected chi connectivity index (χ0v) is 15.2. The SMILES string of the molecule is CNCCCNC(=O)C1CCN(S(=O)(=O)c2ccc(C)cc2)CC1. The molecule has 1 fully saturated rings. The van der Waals surface area contributed by atoms with Gasteiger partial charge in [-0.05, 0) is 51.9 Å². The van der Waals surface area contributed by atoms with Crippen LogP contribution in [0.1, 0.15) is 24.8 Å². The maximum atomic E-state index is 12.6. The van der Waals surface area contributed by atoms with Gasteiger partial charge in [0.15, 0.2) is 0 Å². The fourth-order valence-electron chi connectivity index (χ4n) is 2.84. The van der Waals surface area contributed by atoms with Crippen LogP contribution in [0.3, 0.4) is 0 Å². The number of carbonyl (C=O) groups is 1. The molecule has 1 saturated heterocycles. The van der Waals surface area contributed by atoms with E-state index in [1.54, 1.807) is 24.3 Å². The van der Waals surface area contributed by atoms with Gasteiger partial charge in [-0.1, -0.05) is 17.7 Å². The Hall–Kier alpha value is -1.44. The summed E-state index contributed by atoms with van der Waals surface area (Å²) >= 11 is 0. The van der Waals surface area contributed by atoms with Gasteiger partial charge in [-0.2, -0.15) is 4.31 Å². The summed E-state index contributed by atoms with van der Waals surface area (Å²) in [7, 11) is -1.58. The van der Waals surface area contributed by atoms with Crippen molar-refractivity contribution in [3.05, 3.63) is 29.8 Å². The van der Waals surface area contributed by atoms with Crippen LogP contribution in [0.25, 0.3) is 0 Å². The van der Waals surface area contributed by atoms with Gasteiger partial charge in [0.05, 0.1) is 4.90 Å². The number of sulfonamides is 1. The minimum Gasteiger partial charge on any atom is -0.356 e. The molecule has 134 valence electrons. The number of hydrogen-bond acceptors (Lipinski definition) is 4. The van der Waals surface area contributed by atoms with Gasteiger partial charge in [-0.15, -0.1) is 0 Å². The summed E-state index contributed by atoms with van der Waals surface area (Å²) in [5.74, 6) is -0.0532. The van der Waals surface area contributed by atoms with Gasteiger partial charge in [0, 0.05) is 25.6 Å². The van der Waals surface area contributed by atoms with E-state index in [-0.39, 0.29) is 11.8 Å². The van der Waals surface area contributed by atoms with Crippen LogP contribution in [0.5, 0.6) is 0 Å². The lowest BCUT2D eigenvalue weighted by molar-refractivity contribution is -0.126. The van der Waals surface area contributed by atoms with Gasteiger partial charge in [0.1, 0.15) is 0 Å². The molecule has 2 N–H and O–H groups in total. The van der Waals surface area contributed by atoms with E-state index in [4.69, 9.17) is 0 Å². The Bertz CT molecular complexity index is 636. The highest BCUT2D eigenvalue weighted by Gasteiger charge is 2.31. The van der Waals surface area contributed by atoms with Crippen molar-refractivity contribution in [3.8, 4) is 0 Å². The van der Waals surface area contributed by atoms with Crippen molar-refractivity contribution in [2.75, 3.05) is 33.2 Å². The molecule has 24 heavy (non-hydrogen) atoms. The summed E-state index contributed by atoms with van der Waals surface area (Å²) in [6.45, 7) is 4.24. The van der Waals surface area contributed by atoms with Crippen LogP contribution in [-0.4, -0.2) is 51.9 Å². The van der Waals surface area contributed by atoms with Crippen LogP contribution >= 0.6 is 0 Å². The molecule has 0 spiro atoms. The van der Waals surface area contributed by atoms with E-state index in [0.29, 0.717) is 37.4 Å². The number of nitrogens with zero attached hydrogens (tertiary/aromatic N) is 1. The van der Waals surface area contributed by atoms with Crippen LogP contribution in [0.15, 0.2) is 29.2 Å². The average Bonchev–Trinajstić information content (AvgIpc) is 2.59. The van der Waals surface area contributed by atoms with E-state index in [1.165, 1.54) is 4.31 Å². The lowest BCUT2D eigenvalue weighted by Gasteiger charge is -2.30. The van der Waals surface area contributed by atoms with E-state index in [0.717, 1.165) is 18.5 Å². The molecular weight excluding hydrogens is 326 g/mol. The minimum absolute atomic E-state index is 0.0403. The molecule has 0 atom stereocenters. The van der Waals surface area contributed by atoms with Gasteiger partial charge < -0.3 is 10.6 Å². The zero-order chi connectivity index (χ0) is 17.6. The van der Waals surface area contributed by atoms with E-state index in [2.05, 4.69) is 10.6 Å². The van der Waals surface area contributed by atoms with Crippen LogP contribution in [0, 0.1) is 12.8 Å². The Labute approximate surface area is 144 Å². The lowest BCUT2D eigenvalue weighted by Crippen LogP contribution is -2.43. The molecule has 0 saturated carbocycles. The molecule has 1 heterocycles. The predicted octanol–water partition coefficient (Wildman–Crippen LogP) is 1.12. The van der Waals surface area contributed by atoms with Crippen LogP contribution in [0.2, 0.25) is 0 Å². The smallest absolute Gasteiger partial charge is 0.243 e. The largest absolute Gasteiger partial charge is 0.356 e. The van der Waals surface area contributed by atoms with Crippen LogP contribution < -0.4 is 10.6 Å². The van der Waals surface area contributed by atoms with E-state index in [1.807, 2.05) is 14.0 Å². The monoisotopic (exact) mass is 353 g/mol. The molecule has 7 heteroatoms. The molecule has 1 aromatic rings. The maximum absolute atomic E-state index is 12.6. The van der Waals surface area contributed by atoms with Crippen molar-refractivity contribution < 1.29 is 13.2 Å². The first-order valence-electron chi connectivity index (χ1n) is 8.44. The first-order chi connectivity index (χ1) is 11.4. The van der Waals surface area contributed by atoms with E-state index in [9.17, 15) is 13.2 Å². The lowest BCUT2D eigenvalue weighted by atomic mass is 9.97. The molecule has 1 aromatic carbocycles. The van der Waals surface area contributed by atoms with Gasteiger partial charge in [-0.25, -0.2) is 8.42 Å². The number of carbonyl (C=O) groups excluding carboxylic acids is 1. The molecule has 0 aromatic heterocycles. The van der Waals surface area contributed by atoms with Crippen molar-refractivity contribution in [2.24, 2.45) is 5.92 Å². The second-order valence-electron chi connectivity index (χ2n) is 6.24. The second-order valence-corrected chi connectivity index (χ2v) is 8.18. The highest BCUT2D eigenvalue weighted by Crippen LogP contribution is 2.24. The molecule has 2 rings (SSSR count). The first kappa shape index (κ1) is 18.9. The summed E-state index contributed by atoms with van der Waals surface area (Å²) in [4.78, 5) is 12.4. The Morgan fingerprint density at radius 3 is 2.38 bits per heavy atom. The predicted molar refractivity (Wildman–Crippen MR) is 94.2 cm³/mol. The van der Waals surface area contributed by atoms with Gasteiger partial charge >= 0.3 is 0 Å². The Kier molecular flexibility index (Phi) is 6.77. The maximum Gasteiger partial charge on any atom is 0.243 e. The molecule has 1 amide bonds. The highest BCUT2D eigenvalue weighted by atomic mass is 32.2. The fourth-order valence-corrected chi connectivity index (χ4v) is 4.31.